The first kappa shape index (κ1) is 15.7. The topological polar surface area (TPSA) is 29.5 Å². The Bertz CT molecular complexity index is 478. The van der Waals surface area contributed by atoms with E-state index in [0.717, 1.165) is 12.8 Å². The second-order valence-corrected chi connectivity index (χ2v) is 5.89. The van der Waals surface area contributed by atoms with Gasteiger partial charge in [0.2, 0.25) is 0 Å². The van der Waals surface area contributed by atoms with Gasteiger partial charge in [-0.05, 0) is 40.9 Å². The summed E-state index contributed by atoms with van der Waals surface area (Å²) in [5, 5.41) is 0. The van der Waals surface area contributed by atoms with E-state index < -0.39 is 5.82 Å². The van der Waals surface area contributed by atoms with Crippen molar-refractivity contribution in [2.75, 3.05) is 25.6 Å². The standard InChI is InChI=1S/C14H16BrClFNO2/c15-12-3-1-2-11(13(12)17)14(19)18-7-4-10(5-8-18)20-9-6-16/h1-3,10H,4-9H2. The lowest BCUT2D eigenvalue weighted by Crippen LogP contribution is -2.41. The Morgan fingerprint density at radius 1 is 1.45 bits per heavy atom. The molecule has 110 valence electrons. The fraction of sp³-hybridized carbons (Fsp3) is 0.500. The summed E-state index contributed by atoms with van der Waals surface area (Å²) in [6.45, 7) is 1.69. The van der Waals surface area contributed by atoms with Crippen LogP contribution in [0.2, 0.25) is 0 Å². The molecule has 1 fully saturated rings. The maximum Gasteiger partial charge on any atom is 0.256 e. The molecule has 0 unspecified atom stereocenters. The maximum atomic E-state index is 13.9. The van der Waals surface area contributed by atoms with Crippen molar-refractivity contribution in [3.05, 3.63) is 34.1 Å². The summed E-state index contributed by atoms with van der Waals surface area (Å²) >= 11 is 8.67. The van der Waals surface area contributed by atoms with Crippen LogP contribution in [0.5, 0.6) is 0 Å². The number of alkyl halides is 1. The first-order valence-electron chi connectivity index (χ1n) is 6.54. The Kier molecular flexibility index (Phi) is 5.81. The molecule has 0 N–H and O–H groups in total. The number of carbonyl (C=O) groups is 1. The quantitative estimate of drug-likeness (QED) is 0.766. The summed E-state index contributed by atoms with van der Waals surface area (Å²) in [5.41, 5.74) is 0.111. The Morgan fingerprint density at radius 2 is 2.15 bits per heavy atom. The van der Waals surface area contributed by atoms with Gasteiger partial charge in [-0.15, -0.1) is 11.6 Å². The highest BCUT2D eigenvalue weighted by atomic mass is 79.9. The molecule has 1 heterocycles. The molecule has 2 rings (SSSR count). The zero-order valence-corrected chi connectivity index (χ0v) is 13.3. The number of hydrogen-bond acceptors (Lipinski definition) is 2. The Labute approximate surface area is 131 Å². The number of nitrogens with zero attached hydrogens (tertiary/aromatic N) is 1. The number of piperidine rings is 1. The van der Waals surface area contributed by atoms with Gasteiger partial charge in [0, 0.05) is 19.0 Å². The molecule has 1 aliphatic heterocycles. The Hall–Kier alpha value is -0.650. The van der Waals surface area contributed by atoms with E-state index in [0.29, 0.717) is 30.0 Å². The number of benzene rings is 1. The van der Waals surface area contributed by atoms with Crippen LogP contribution >= 0.6 is 27.5 Å². The lowest BCUT2D eigenvalue weighted by atomic mass is 10.1. The number of likely N-dealkylation sites (tertiary alicyclic amines) is 1. The average molecular weight is 365 g/mol. The van der Waals surface area contributed by atoms with Gasteiger partial charge in [0.25, 0.3) is 5.91 Å². The fourth-order valence-electron chi connectivity index (χ4n) is 2.28. The van der Waals surface area contributed by atoms with Crippen molar-refractivity contribution in [1.29, 1.82) is 0 Å². The van der Waals surface area contributed by atoms with E-state index in [2.05, 4.69) is 15.9 Å². The van der Waals surface area contributed by atoms with Crippen LogP contribution in [0.25, 0.3) is 0 Å². The minimum absolute atomic E-state index is 0.111. The van der Waals surface area contributed by atoms with Gasteiger partial charge in [-0.25, -0.2) is 4.39 Å². The number of amides is 1. The number of halogens is 3. The van der Waals surface area contributed by atoms with Gasteiger partial charge < -0.3 is 9.64 Å². The molecule has 0 radical (unpaired) electrons. The van der Waals surface area contributed by atoms with E-state index in [-0.39, 0.29) is 17.6 Å². The highest BCUT2D eigenvalue weighted by molar-refractivity contribution is 9.10. The summed E-state index contributed by atoms with van der Waals surface area (Å²) in [7, 11) is 0. The van der Waals surface area contributed by atoms with Gasteiger partial charge in [0.05, 0.1) is 22.7 Å². The molecule has 0 aromatic heterocycles. The molecule has 1 aliphatic rings. The molecule has 1 amide bonds. The molecule has 0 atom stereocenters. The minimum Gasteiger partial charge on any atom is -0.377 e. The van der Waals surface area contributed by atoms with Crippen molar-refractivity contribution in [2.45, 2.75) is 18.9 Å². The first-order chi connectivity index (χ1) is 9.63. The molecular weight excluding hydrogens is 349 g/mol. The van der Waals surface area contributed by atoms with Gasteiger partial charge in [-0.3, -0.25) is 4.79 Å². The van der Waals surface area contributed by atoms with Crippen LogP contribution in [0, 0.1) is 5.82 Å². The highest BCUT2D eigenvalue weighted by Crippen LogP contribution is 2.22. The molecule has 1 saturated heterocycles. The van der Waals surface area contributed by atoms with Crippen LogP contribution in [0.3, 0.4) is 0 Å². The monoisotopic (exact) mass is 363 g/mol. The summed E-state index contributed by atoms with van der Waals surface area (Å²) < 4.78 is 19.8. The predicted molar refractivity (Wildman–Crippen MR) is 79.7 cm³/mol. The highest BCUT2D eigenvalue weighted by Gasteiger charge is 2.26. The van der Waals surface area contributed by atoms with E-state index in [1.54, 1.807) is 17.0 Å². The van der Waals surface area contributed by atoms with E-state index >= 15 is 0 Å². The van der Waals surface area contributed by atoms with E-state index in [4.69, 9.17) is 16.3 Å². The van der Waals surface area contributed by atoms with Gasteiger partial charge in [-0.2, -0.15) is 0 Å². The van der Waals surface area contributed by atoms with Crippen molar-refractivity contribution >= 4 is 33.4 Å². The third kappa shape index (κ3) is 3.71. The van der Waals surface area contributed by atoms with E-state index in [1.807, 2.05) is 0 Å². The van der Waals surface area contributed by atoms with Crippen molar-refractivity contribution in [3.8, 4) is 0 Å². The predicted octanol–water partition coefficient (Wildman–Crippen LogP) is 3.45. The van der Waals surface area contributed by atoms with Gasteiger partial charge in [0.15, 0.2) is 0 Å². The van der Waals surface area contributed by atoms with Gasteiger partial charge in [0.1, 0.15) is 5.82 Å². The van der Waals surface area contributed by atoms with Crippen LogP contribution in [0.4, 0.5) is 4.39 Å². The summed E-state index contributed by atoms with van der Waals surface area (Å²) in [4.78, 5) is 14.0. The zero-order valence-electron chi connectivity index (χ0n) is 10.9. The third-order valence-corrected chi connectivity index (χ3v) is 4.11. The van der Waals surface area contributed by atoms with Crippen LogP contribution in [-0.4, -0.2) is 42.5 Å². The molecule has 0 bridgehead atoms. The smallest absolute Gasteiger partial charge is 0.256 e. The minimum atomic E-state index is -0.502. The van der Waals surface area contributed by atoms with Gasteiger partial charge in [-0.1, -0.05) is 6.07 Å². The van der Waals surface area contributed by atoms with E-state index in [1.165, 1.54) is 6.07 Å². The zero-order chi connectivity index (χ0) is 14.5. The summed E-state index contributed by atoms with van der Waals surface area (Å²) in [5.74, 6) is -0.292. The normalized spacial score (nSPS) is 16.4. The lowest BCUT2D eigenvalue weighted by Gasteiger charge is -2.32. The molecule has 0 spiro atoms. The fourth-order valence-corrected chi connectivity index (χ4v) is 2.73. The van der Waals surface area contributed by atoms with Crippen LogP contribution in [0.15, 0.2) is 22.7 Å². The number of carbonyl (C=O) groups excluding carboxylic acids is 1. The molecule has 0 saturated carbocycles. The van der Waals surface area contributed by atoms with Crippen molar-refractivity contribution in [2.24, 2.45) is 0 Å². The molecule has 20 heavy (non-hydrogen) atoms. The van der Waals surface area contributed by atoms with Crippen molar-refractivity contribution < 1.29 is 13.9 Å². The van der Waals surface area contributed by atoms with Crippen molar-refractivity contribution in [1.82, 2.24) is 4.90 Å². The number of hydrogen-bond donors (Lipinski definition) is 0. The Morgan fingerprint density at radius 3 is 2.80 bits per heavy atom. The number of rotatable bonds is 4. The molecule has 0 aliphatic carbocycles. The van der Waals surface area contributed by atoms with Crippen molar-refractivity contribution in [3.63, 3.8) is 0 Å². The molecule has 6 heteroatoms. The third-order valence-electron chi connectivity index (χ3n) is 3.34. The van der Waals surface area contributed by atoms with Crippen LogP contribution in [-0.2, 0) is 4.74 Å². The molecule has 1 aromatic carbocycles. The van der Waals surface area contributed by atoms with Crippen LogP contribution in [0.1, 0.15) is 23.2 Å². The molecule has 3 nitrogen and oxygen atoms in total. The second-order valence-electron chi connectivity index (χ2n) is 4.65. The van der Waals surface area contributed by atoms with E-state index in [9.17, 15) is 9.18 Å². The van der Waals surface area contributed by atoms with Crippen LogP contribution < -0.4 is 0 Å². The largest absolute Gasteiger partial charge is 0.377 e. The number of ether oxygens (including phenoxy) is 1. The lowest BCUT2D eigenvalue weighted by molar-refractivity contribution is 0.0153. The SMILES string of the molecule is O=C(c1cccc(Br)c1F)N1CCC(OCCCl)CC1. The Balaban J connectivity index is 1.96. The van der Waals surface area contributed by atoms with Gasteiger partial charge >= 0.3 is 0 Å². The second kappa shape index (κ2) is 7.38. The maximum absolute atomic E-state index is 13.9. The molecule has 1 aromatic rings. The summed E-state index contributed by atoms with van der Waals surface area (Å²) in [6, 6.07) is 4.76. The first-order valence-corrected chi connectivity index (χ1v) is 7.87. The molecular formula is C14H16BrClFNO2. The summed E-state index contributed by atoms with van der Waals surface area (Å²) in [6.07, 6.45) is 1.67. The average Bonchev–Trinajstić information content (AvgIpc) is 2.48.